The summed E-state index contributed by atoms with van der Waals surface area (Å²) in [5, 5.41) is 10.3. The molecule has 12 heteroatoms. The van der Waals surface area contributed by atoms with Crippen LogP contribution in [0.3, 0.4) is 0 Å². The molecule has 0 rings (SSSR count). The Kier molecular flexibility index (Phi) is 94.5. The molecule has 4 unspecified atom stereocenters. The molecule has 4 atom stereocenters. The van der Waals surface area contributed by atoms with Crippen LogP contribution in [0.25, 0.3) is 0 Å². The van der Waals surface area contributed by atoms with Crippen molar-refractivity contribution in [3.05, 3.63) is 0 Å². The van der Waals surface area contributed by atoms with Gasteiger partial charge in [-0.25, -0.2) is 0 Å². The van der Waals surface area contributed by atoms with Crippen LogP contribution in [0.1, 0.15) is 550 Å². The Morgan fingerprint density at radius 1 is 0.176 bits per heavy atom. The van der Waals surface area contributed by atoms with Gasteiger partial charge in [0.2, 0.25) is 0 Å². The predicted octanol–water partition coefficient (Wildman–Crippen LogP) is 31.7. The lowest BCUT2D eigenvalue weighted by Gasteiger charge is -2.30. The third-order valence-corrected chi connectivity index (χ3v) is 26.1. The summed E-state index contributed by atoms with van der Waals surface area (Å²) in [4.78, 5) is 61.6. The molecule has 0 amide bonds. The van der Waals surface area contributed by atoms with Crippen molar-refractivity contribution in [2.75, 3.05) is 91.9 Å². The van der Waals surface area contributed by atoms with Crippen LogP contribution in [0.15, 0.2) is 0 Å². The molecule has 0 aromatic carbocycles. The molecule has 0 aliphatic rings. The zero-order chi connectivity index (χ0) is 86.5. The van der Waals surface area contributed by atoms with Crippen LogP contribution < -0.4 is 0 Å². The van der Waals surface area contributed by atoms with Gasteiger partial charge >= 0.3 is 23.9 Å². The van der Waals surface area contributed by atoms with Crippen molar-refractivity contribution in [2.45, 2.75) is 550 Å². The standard InChI is InChI=1S/C107H211N3O9/c1-9-17-25-33-49-65-82-100(78-61-29-21-13-5)104(112)116-96-73-57-45-37-41-53-69-86-108(87-70-54-42-38-46-58-74-97-117-105(113)101(79-62-30-22-14-6)83-66-50-34-26-18-10-2)91-93-110(90-77-95-111)94-92-109(88-71-55-43-39-47-59-75-98-118-106(114)102(80-63-31-23-15-7)84-67-51-35-27-19-11-3)89-72-56-44-40-48-60-76-99-119-107(115)103(81-64-32-24-16-8)85-68-52-36-28-20-12-4/h100-103,111H,9-99H2,1-8H3. The monoisotopic (exact) mass is 1680 g/mol. The number of aliphatic hydroxyl groups excluding tert-OH is 1. The summed E-state index contributed by atoms with van der Waals surface area (Å²) in [5.41, 5.74) is 0. The van der Waals surface area contributed by atoms with Gasteiger partial charge in [-0.2, -0.15) is 0 Å². The van der Waals surface area contributed by atoms with E-state index in [4.69, 9.17) is 18.9 Å². The second kappa shape index (κ2) is 96.4. The van der Waals surface area contributed by atoms with E-state index in [9.17, 15) is 24.3 Å². The normalized spacial score (nSPS) is 12.8. The average Bonchev–Trinajstić information content (AvgIpc) is 0.955. The molecule has 0 heterocycles. The van der Waals surface area contributed by atoms with E-state index in [2.05, 4.69) is 70.1 Å². The lowest BCUT2D eigenvalue weighted by Crippen LogP contribution is -2.41. The topological polar surface area (TPSA) is 135 Å². The number of hydrogen-bond donors (Lipinski definition) is 1. The number of rotatable bonds is 101. The lowest BCUT2D eigenvalue weighted by molar-refractivity contribution is -0.150. The zero-order valence-corrected chi connectivity index (χ0v) is 81.7. The van der Waals surface area contributed by atoms with E-state index in [0.29, 0.717) is 26.4 Å². The molecule has 0 aliphatic heterocycles. The number of hydrogen-bond acceptors (Lipinski definition) is 12. The molecule has 0 spiro atoms. The summed E-state index contributed by atoms with van der Waals surface area (Å²) >= 11 is 0. The molecule has 0 fully saturated rings. The third kappa shape index (κ3) is 81.2. The van der Waals surface area contributed by atoms with E-state index < -0.39 is 0 Å². The molecule has 0 aromatic rings. The van der Waals surface area contributed by atoms with Crippen molar-refractivity contribution < 1.29 is 43.2 Å². The number of carbonyl (C=O) groups is 4. The van der Waals surface area contributed by atoms with E-state index in [1.54, 1.807) is 0 Å². The third-order valence-electron chi connectivity index (χ3n) is 26.1. The Hall–Kier alpha value is -2.28. The average molecular weight is 1680 g/mol. The van der Waals surface area contributed by atoms with Gasteiger partial charge in [0.05, 0.1) is 50.1 Å². The Bertz CT molecular complexity index is 1780. The number of ether oxygens (including phenoxy) is 4. The highest BCUT2D eigenvalue weighted by Crippen LogP contribution is 2.27. The molecule has 0 aliphatic carbocycles. The Morgan fingerprint density at radius 3 is 0.487 bits per heavy atom. The maximum absolute atomic E-state index is 13.3. The number of unbranched alkanes of at least 4 members (excludes halogenated alkanes) is 56. The molecule has 0 radical (unpaired) electrons. The first-order valence-corrected chi connectivity index (χ1v) is 54.0. The molecular weight excluding hydrogens is 1470 g/mol. The molecule has 0 aromatic heterocycles. The van der Waals surface area contributed by atoms with Gasteiger partial charge in [0.15, 0.2) is 0 Å². The summed E-state index contributed by atoms with van der Waals surface area (Å²) in [5.74, 6) is 0.591. The van der Waals surface area contributed by atoms with Crippen molar-refractivity contribution in [3.63, 3.8) is 0 Å². The highest BCUT2D eigenvalue weighted by atomic mass is 16.5. The van der Waals surface area contributed by atoms with Gasteiger partial charge in [0, 0.05) is 39.3 Å². The van der Waals surface area contributed by atoms with Crippen LogP contribution in [0.2, 0.25) is 0 Å². The number of aliphatic hydroxyl groups is 1. The van der Waals surface area contributed by atoms with Crippen LogP contribution in [0, 0.1) is 23.7 Å². The van der Waals surface area contributed by atoms with E-state index in [1.807, 2.05) is 0 Å². The van der Waals surface area contributed by atoms with Gasteiger partial charge < -0.3 is 38.8 Å². The molecule has 12 nitrogen and oxygen atoms in total. The lowest BCUT2D eigenvalue weighted by atomic mass is 9.94. The van der Waals surface area contributed by atoms with Gasteiger partial charge in [-0.1, -0.05) is 441 Å². The second-order valence-corrected chi connectivity index (χ2v) is 37.6. The molecular formula is C107H211N3O9. The minimum atomic E-state index is 0.0688. The first kappa shape index (κ1) is 117. The van der Waals surface area contributed by atoms with E-state index >= 15 is 0 Å². The van der Waals surface area contributed by atoms with Gasteiger partial charge in [0.1, 0.15) is 0 Å². The van der Waals surface area contributed by atoms with Crippen molar-refractivity contribution in [1.82, 2.24) is 14.7 Å². The first-order chi connectivity index (χ1) is 58.6. The smallest absolute Gasteiger partial charge is 0.308 e. The van der Waals surface area contributed by atoms with Crippen molar-refractivity contribution in [2.24, 2.45) is 23.7 Å². The van der Waals surface area contributed by atoms with Gasteiger partial charge in [-0.05, 0) is 135 Å². The van der Waals surface area contributed by atoms with E-state index in [-0.39, 0.29) is 54.2 Å². The summed E-state index contributed by atoms with van der Waals surface area (Å²) in [6.45, 7) is 30.4. The Balaban J connectivity index is 5.96. The Morgan fingerprint density at radius 2 is 0.311 bits per heavy atom. The van der Waals surface area contributed by atoms with E-state index in [0.717, 1.165) is 219 Å². The minimum absolute atomic E-state index is 0.0688. The van der Waals surface area contributed by atoms with Crippen LogP contribution >= 0.6 is 0 Å². The summed E-state index contributed by atoms with van der Waals surface area (Å²) in [6.07, 6.45) is 91.7. The Labute approximate surface area is 743 Å². The largest absolute Gasteiger partial charge is 0.465 e. The fourth-order valence-corrected chi connectivity index (χ4v) is 17.8. The van der Waals surface area contributed by atoms with Crippen LogP contribution in [0.5, 0.6) is 0 Å². The maximum atomic E-state index is 13.3. The summed E-state index contributed by atoms with van der Waals surface area (Å²) < 4.78 is 23.9. The fourth-order valence-electron chi connectivity index (χ4n) is 17.8. The minimum Gasteiger partial charge on any atom is -0.465 e. The SMILES string of the molecule is CCCCCCCCC(CCCCCC)C(=O)OCCCCCCCCCN(CCCCCCCCCOC(=O)C(CCCCCC)CCCCCCCC)CCN(CCCO)CCN(CCCCCCCCCOC(=O)C(CCCCCC)CCCCCCCC)CCCCCCCCCOC(=O)C(CCCCCC)CCCCCCCC. The van der Waals surface area contributed by atoms with E-state index in [1.165, 1.54) is 334 Å². The van der Waals surface area contributed by atoms with Crippen molar-refractivity contribution in [1.29, 1.82) is 0 Å². The fraction of sp³-hybridized carbons (Fsp3) is 0.963. The first-order valence-electron chi connectivity index (χ1n) is 54.0. The molecule has 0 bridgehead atoms. The second-order valence-electron chi connectivity index (χ2n) is 37.6. The quantitative estimate of drug-likeness (QED) is 0.0353. The number of nitrogens with zero attached hydrogens (tertiary/aromatic N) is 3. The predicted molar refractivity (Wildman–Crippen MR) is 515 cm³/mol. The van der Waals surface area contributed by atoms with Crippen LogP contribution in [-0.4, -0.2) is 136 Å². The van der Waals surface area contributed by atoms with Gasteiger partial charge in [-0.15, -0.1) is 0 Å². The highest BCUT2D eigenvalue weighted by Gasteiger charge is 2.24. The zero-order valence-electron chi connectivity index (χ0n) is 81.7. The molecule has 119 heavy (non-hydrogen) atoms. The van der Waals surface area contributed by atoms with Gasteiger partial charge in [0.25, 0.3) is 0 Å². The van der Waals surface area contributed by atoms with Crippen LogP contribution in [-0.2, 0) is 38.1 Å². The van der Waals surface area contributed by atoms with Crippen molar-refractivity contribution in [3.8, 4) is 0 Å². The summed E-state index contributed by atoms with van der Waals surface area (Å²) in [6, 6.07) is 0. The summed E-state index contributed by atoms with van der Waals surface area (Å²) in [7, 11) is 0. The number of esters is 4. The van der Waals surface area contributed by atoms with Gasteiger partial charge in [-0.3, -0.25) is 19.2 Å². The van der Waals surface area contributed by atoms with Crippen molar-refractivity contribution >= 4 is 23.9 Å². The molecule has 708 valence electrons. The molecule has 1 N–H and O–H groups in total. The maximum Gasteiger partial charge on any atom is 0.308 e. The molecule has 0 saturated heterocycles. The molecule has 0 saturated carbocycles. The van der Waals surface area contributed by atoms with Crippen LogP contribution in [0.4, 0.5) is 0 Å². The highest BCUT2D eigenvalue weighted by molar-refractivity contribution is 5.73. The number of carbonyl (C=O) groups excluding carboxylic acids is 4.